The van der Waals surface area contributed by atoms with Crippen LogP contribution in [-0.4, -0.2) is 0 Å². The first kappa shape index (κ1) is 9.40. The van der Waals surface area contributed by atoms with Crippen LogP contribution in [0.5, 0.6) is 5.75 Å². The number of halogens is 1. The van der Waals surface area contributed by atoms with E-state index in [-0.39, 0.29) is 0 Å². The van der Waals surface area contributed by atoms with Gasteiger partial charge >= 0.3 is 0 Å². The molecule has 0 radical (unpaired) electrons. The van der Waals surface area contributed by atoms with Crippen LogP contribution >= 0.6 is 22.6 Å². The van der Waals surface area contributed by atoms with Crippen molar-refractivity contribution in [3.8, 4) is 5.75 Å². The van der Waals surface area contributed by atoms with E-state index in [1.165, 1.54) is 0 Å². The quantitative estimate of drug-likeness (QED) is 0.399. The Labute approximate surface area is 83.2 Å². The smallest absolute Gasteiger partial charge is 0.150 e. The standard InChI is InChI=1S/C7H7IN2O2/c8-4-5-3-6(10-11)1-2-7(5)12-9/h1-3H,4,9H2. The SMILES string of the molecule is NOc1ccc(N=O)cc1CI. The van der Waals surface area contributed by atoms with Crippen LogP contribution in [0.1, 0.15) is 5.56 Å². The van der Waals surface area contributed by atoms with E-state index in [4.69, 9.17) is 5.90 Å². The number of alkyl halides is 1. The van der Waals surface area contributed by atoms with Crippen molar-refractivity contribution in [1.82, 2.24) is 0 Å². The van der Waals surface area contributed by atoms with Gasteiger partial charge in [0.2, 0.25) is 0 Å². The number of hydrogen-bond acceptors (Lipinski definition) is 4. The van der Waals surface area contributed by atoms with Crippen molar-refractivity contribution in [2.45, 2.75) is 4.43 Å². The van der Waals surface area contributed by atoms with Gasteiger partial charge in [0.05, 0.1) is 0 Å². The molecule has 0 aliphatic heterocycles. The molecule has 64 valence electrons. The summed E-state index contributed by atoms with van der Waals surface area (Å²) >= 11 is 2.16. The molecule has 0 aromatic heterocycles. The molecule has 0 aliphatic rings. The van der Waals surface area contributed by atoms with Crippen LogP contribution in [0, 0.1) is 4.91 Å². The molecule has 1 aromatic rings. The molecular formula is C7H7IN2O2. The normalized spacial score (nSPS) is 9.50. The maximum Gasteiger partial charge on any atom is 0.150 e. The Hall–Kier alpha value is -0.690. The number of nitroso groups, excluding NO2 is 1. The minimum Gasteiger partial charge on any atom is -0.411 e. The van der Waals surface area contributed by atoms with Gasteiger partial charge < -0.3 is 4.84 Å². The zero-order chi connectivity index (χ0) is 8.97. The van der Waals surface area contributed by atoms with Crippen LogP contribution in [0.2, 0.25) is 0 Å². The van der Waals surface area contributed by atoms with Gasteiger partial charge in [-0.25, -0.2) is 0 Å². The summed E-state index contributed by atoms with van der Waals surface area (Å²) < 4.78 is 0.730. The van der Waals surface area contributed by atoms with Gasteiger partial charge in [-0.15, -0.1) is 4.91 Å². The number of benzene rings is 1. The molecule has 4 nitrogen and oxygen atoms in total. The van der Waals surface area contributed by atoms with Gasteiger partial charge in [0.25, 0.3) is 0 Å². The van der Waals surface area contributed by atoms with Crippen molar-refractivity contribution in [2.24, 2.45) is 11.1 Å². The van der Waals surface area contributed by atoms with E-state index in [9.17, 15) is 4.91 Å². The zero-order valence-electron chi connectivity index (χ0n) is 6.16. The summed E-state index contributed by atoms with van der Waals surface area (Å²) in [6, 6.07) is 4.84. The monoisotopic (exact) mass is 278 g/mol. The predicted octanol–water partition coefficient (Wildman–Crippen LogP) is 2.27. The van der Waals surface area contributed by atoms with Crippen LogP contribution in [0.3, 0.4) is 0 Å². The van der Waals surface area contributed by atoms with E-state index in [0.29, 0.717) is 11.4 Å². The molecule has 0 fully saturated rings. The van der Waals surface area contributed by atoms with Crippen LogP contribution in [-0.2, 0) is 4.43 Å². The second kappa shape index (κ2) is 4.36. The number of rotatable bonds is 3. The Bertz CT molecular complexity index is 291. The first-order valence-electron chi connectivity index (χ1n) is 3.20. The third-order valence-corrected chi connectivity index (χ3v) is 2.24. The number of hydrogen-bond donors (Lipinski definition) is 1. The maximum absolute atomic E-state index is 10.1. The summed E-state index contributed by atoms with van der Waals surface area (Å²) in [5.41, 5.74) is 1.26. The molecule has 0 saturated heterocycles. The molecule has 0 bridgehead atoms. The first-order valence-corrected chi connectivity index (χ1v) is 4.73. The second-order valence-corrected chi connectivity index (χ2v) is 2.90. The number of nitrogens with two attached hydrogens (primary N) is 1. The summed E-state index contributed by atoms with van der Waals surface area (Å²) in [5, 5.41) is 2.80. The summed E-state index contributed by atoms with van der Waals surface area (Å²) in [7, 11) is 0. The minimum absolute atomic E-state index is 0.391. The van der Waals surface area contributed by atoms with Crippen molar-refractivity contribution >= 4 is 28.3 Å². The molecule has 5 heteroatoms. The Morgan fingerprint density at radius 2 is 2.33 bits per heavy atom. The third kappa shape index (κ3) is 1.92. The molecular weight excluding hydrogens is 271 g/mol. The average molecular weight is 278 g/mol. The highest BCUT2D eigenvalue weighted by molar-refractivity contribution is 14.1. The van der Waals surface area contributed by atoms with E-state index < -0.39 is 0 Å². The second-order valence-electron chi connectivity index (χ2n) is 2.13. The molecule has 1 aromatic carbocycles. The molecule has 12 heavy (non-hydrogen) atoms. The van der Waals surface area contributed by atoms with Crippen LogP contribution in [0.25, 0.3) is 0 Å². The van der Waals surface area contributed by atoms with Crippen molar-refractivity contribution in [1.29, 1.82) is 0 Å². The predicted molar refractivity (Wildman–Crippen MR) is 54.4 cm³/mol. The summed E-state index contributed by atoms with van der Waals surface area (Å²) in [6.07, 6.45) is 0. The van der Waals surface area contributed by atoms with Crippen LogP contribution < -0.4 is 10.7 Å². The molecule has 0 saturated carbocycles. The largest absolute Gasteiger partial charge is 0.411 e. The lowest BCUT2D eigenvalue weighted by Crippen LogP contribution is -2.03. The first-order chi connectivity index (χ1) is 5.81. The van der Waals surface area contributed by atoms with E-state index in [1.807, 2.05) is 0 Å². The van der Waals surface area contributed by atoms with Crippen molar-refractivity contribution in [2.75, 3.05) is 0 Å². The van der Waals surface area contributed by atoms with E-state index >= 15 is 0 Å². The molecule has 0 spiro atoms. The van der Waals surface area contributed by atoms with Gasteiger partial charge in [0.15, 0.2) is 5.75 Å². The molecule has 2 N–H and O–H groups in total. The Morgan fingerprint density at radius 3 is 2.83 bits per heavy atom. The topological polar surface area (TPSA) is 64.7 Å². The highest BCUT2D eigenvalue weighted by Gasteiger charge is 2.03. The minimum atomic E-state index is 0.391. The Kier molecular flexibility index (Phi) is 3.42. The van der Waals surface area contributed by atoms with E-state index in [1.54, 1.807) is 18.2 Å². The number of nitrogens with zero attached hydrogens (tertiary/aromatic N) is 1. The highest BCUT2D eigenvalue weighted by Crippen LogP contribution is 2.25. The molecule has 0 amide bonds. The maximum atomic E-state index is 10.1. The van der Waals surface area contributed by atoms with Gasteiger partial charge in [-0.3, -0.25) is 0 Å². The fourth-order valence-corrected chi connectivity index (χ4v) is 1.44. The van der Waals surface area contributed by atoms with Gasteiger partial charge in [-0.05, 0) is 23.4 Å². The summed E-state index contributed by atoms with van der Waals surface area (Å²) in [6.45, 7) is 0. The molecule has 1 rings (SSSR count). The van der Waals surface area contributed by atoms with Gasteiger partial charge in [-0.2, -0.15) is 5.90 Å². The van der Waals surface area contributed by atoms with Crippen LogP contribution in [0.4, 0.5) is 5.69 Å². The van der Waals surface area contributed by atoms with Crippen molar-refractivity contribution in [3.05, 3.63) is 28.7 Å². The van der Waals surface area contributed by atoms with E-state index in [2.05, 4.69) is 32.6 Å². The fourth-order valence-electron chi connectivity index (χ4n) is 0.842. The lowest BCUT2D eigenvalue weighted by Gasteiger charge is -2.03. The van der Waals surface area contributed by atoms with Crippen molar-refractivity contribution in [3.63, 3.8) is 0 Å². The average Bonchev–Trinajstić information content (AvgIpc) is 2.16. The van der Waals surface area contributed by atoms with Crippen LogP contribution in [0.15, 0.2) is 23.4 Å². The van der Waals surface area contributed by atoms with Gasteiger partial charge in [-0.1, -0.05) is 22.6 Å². The summed E-state index contributed by atoms with van der Waals surface area (Å²) in [4.78, 5) is 14.7. The zero-order valence-corrected chi connectivity index (χ0v) is 8.32. The fraction of sp³-hybridized carbons (Fsp3) is 0.143. The Balaban J connectivity index is 3.10. The Morgan fingerprint density at radius 1 is 1.58 bits per heavy atom. The van der Waals surface area contributed by atoms with Gasteiger partial charge in [0.1, 0.15) is 5.69 Å². The van der Waals surface area contributed by atoms with Gasteiger partial charge in [0, 0.05) is 9.99 Å². The third-order valence-electron chi connectivity index (χ3n) is 1.42. The van der Waals surface area contributed by atoms with Crippen molar-refractivity contribution < 1.29 is 4.84 Å². The van der Waals surface area contributed by atoms with E-state index in [0.717, 1.165) is 9.99 Å². The lowest BCUT2D eigenvalue weighted by atomic mass is 10.2. The molecule has 0 aliphatic carbocycles. The molecule has 0 heterocycles. The highest BCUT2D eigenvalue weighted by atomic mass is 127. The summed E-state index contributed by atoms with van der Waals surface area (Å²) in [5.74, 6) is 5.59. The molecule has 0 unspecified atom stereocenters. The lowest BCUT2D eigenvalue weighted by molar-refractivity contribution is 0.332. The molecule has 0 atom stereocenters.